The van der Waals surface area contributed by atoms with Gasteiger partial charge >= 0.3 is 0 Å². The molecule has 1 aromatic rings. The van der Waals surface area contributed by atoms with E-state index in [1.54, 1.807) is 27.8 Å². The van der Waals surface area contributed by atoms with Gasteiger partial charge in [-0.15, -0.1) is 0 Å². The molecule has 6 heteroatoms. The predicted octanol–water partition coefficient (Wildman–Crippen LogP) is 2.44. The van der Waals surface area contributed by atoms with Crippen LogP contribution in [0.2, 0.25) is 0 Å². The van der Waals surface area contributed by atoms with Gasteiger partial charge in [0, 0.05) is 32.1 Å². The van der Waals surface area contributed by atoms with E-state index in [-0.39, 0.29) is 11.2 Å². The van der Waals surface area contributed by atoms with Crippen molar-refractivity contribution < 1.29 is 8.42 Å². The molecule has 2 rings (SSSR count). The molecule has 0 aliphatic carbocycles. The Balaban J connectivity index is 1.97. The van der Waals surface area contributed by atoms with E-state index in [0.29, 0.717) is 6.54 Å². The third-order valence-electron chi connectivity index (χ3n) is 5.04. The molecule has 1 aliphatic heterocycles. The molecule has 1 atom stereocenters. The van der Waals surface area contributed by atoms with Crippen LogP contribution in [0.15, 0.2) is 35.3 Å². The summed E-state index contributed by atoms with van der Waals surface area (Å²) in [7, 11) is -1.38. The van der Waals surface area contributed by atoms with E-state index in [1.165, 1.54) is 5.56 Å². The summed E-state index contributed by atoms with van der Waals surface area (Å²) in [6.45, 7) is 9.67. The topological polar surface area (TPSA) is 61.8 Å². The number of hydrogen-bond donors (Lipinski definition) is 1. The van der Waals surface area contributed by atoms with Gasteiger partial charge in [0.05, 0.1) is 10.5 Å². The van der Waals surface area contributed by atoms with Gasteiger partial charge < -0.3 is 10.2 Å². The lowest BCUT2D eigenvalue weighted by molar-refractivity contribution is 0.439. The molecule has 0 aromatic heterocycles. The molecule has 25 heavy (non-hydrogen) atoms. The van der Waals surface area contributed by atoms with E-state index in [1.807, 2.05) is 6.07 Å². The quantitative estimate of drug-likeness (QED) is 0.658. The normalized spacial score (nSPS) is 22.3. The van der Waals surface area contributed by atoms with Crippen LogP contribution >= 0.6 is 0 Å². The minimum absolute atomic E-state index is 0.0936. The van der Waals surface area contributed by atoms with E-state index >= 15 is 0 Å². The fourth-order valence-electron chi connectivity index (χ4n) is 3.15. The number of nitrogens with one attached hydrogen (secondary N) is 1. The summed E-state index contributed by atoms with van der Waals surface area (Å²) >= 11 is 0. The lowest BCUT2D eigenvalue weighted by Gasteiger charge is -2.27. The van der Waals surface area contributed by atoms with Crippen LogP contribution in [0.25, 0.3) is 0 Å². The maximum absolute atomic E-state index is 12.2. The van der Waals surface area contributed by atoms with Gasteiger partial charge in [0.1, 0.15) is 0 Å². The summed E-state index contributed by atoms with van der Waals surface area (Å²) in [5.41, 5.74) is 1.43. The van der Waals surface area contributed by atoms with E-state index in [4.69, 9.17) is 0 Å². The standard InChI is InChI=1S/C19H31N3O2S/c1-18(2,3)25(23,24)14-12-21-17(20-5)22-13-11-19(4,15-22)16-9-7-6-8-10-16/h6-10H,11-15H2,1-5H3,(H,20,21). The molecule has 1 heterocycles. The lowest BCUT2D eigenvalue weighted by Crippen LogP contribution is -2.44. The first-order valence-electron chi connectivity index (χ1n) is 8.82. The lowest BCUT2D eigenvalue weighted by atomic mass is 9.82. The third-order valence-corrected chi connectivity index (χ3v) is 7.65. The first kappa shape index (κ1) is 19.8. The Kier molecular flexibility index (Phi) is 5.82. The van der Waals surface area contributed by atoms with Crippen LogP contribution in [0.1, 0.15) is 39.7 Å². The summed E-state index contributed by atoms with van der Waals surface area (Å²) in [5.74, 6) is 0.892. The highest BCUT2D eigenvalue weighted by Crippen LogP contribution is 2.33. The molecule has 0 spiro atoms. The Hall–Kier alpha value is -1.56. The SMILES string of the molecule is CN=C(NCCS(=O)(=O)C(C)(C)C)N1CCC(C)(c2ccccc2)C1. The molecule has 1 aliphatic rings. The number of hydrogen-bond acceptors (Lipinski definition) is 3. The van der Waals surface area contributed by atoms with Crippen molar-refractivity contribution >= 4 is 15.8 Å². The summed E-state index contributed by atoms with van der Waals surface area (Å²) in [6.07, 6.45) is 1.05. The first-order valence-corrected chi connectivity index (χ1v) is 10.5. The fourth-order valence-corrected chi connectivity index (χ4v) is 4.14. The van der Waals surface area contributed by atoms with Crippen molar-refractivity contribution in [3.05, 3.63) is 35.9 Å². The van der Waals surface area contributed by atoms with Crippen LogP contribution < -0.4 is 5.32 Å². The Morgan fingerprint density at radius 1 is 1.28 bits per heavy atom. The van der Waals surface area contributed by atoms with Crippen molar-refractivity contribution in [2.75, 3.05) is 32.4 Å². The largest absolute Gasteiger partial charge is 0.355 e. The van der Waals surface area contributed by atoms with Gasteiger partial charge in [-0.25, -0.2) is 8.42 Å². The molecule has 0 saturated carbocycles. The number of sulfone groups is 1. The molecular weight excluding hydrogens is 334 g/mol. The summed E-state index contributed by atoms with van der Waals surface area (Å²) in [5, 5.41) is 3.23. The molecular formula is C19H31N3O2S. The van der Waals surface area contributed by atoms with Gasteiger partial charge in [-0.3, -0.25) is 4.99 Å². The Morgan fingerprint density at radius 3 is 2.48 bits per heavy atom. The highest BCUT2D eigenvalue weighted by molar-refractivity contribution is 7.92. The van der Waals surface area contributed by atoms with Crippen LogP contribution in [0.3, 0.4) is 0 Å². The maximum Gasteiger partial charge on any atom is 0.193 e. The van der Waals surface area contributed by atoms with E-state index in [9.17, 15) is 8.42 Å². The first-order chi connectivity index (χ1) is 11.6. The zero-order valence-corrected chi connectivity index (χ0v) is 16.9. The molecule has 0 radical (unpaired) electrons. The van der Waals surface area contributed by atoms with Crippen LogP contribution in [-0.4, -0.2) is 56.5 Å². The number of rotatable bonds is 4. The van der Waals surface area contributed by atoms with E-state index in [2.05, 4.69) is 46.4 Å². The zero-order valence-electron chi connectivity index (χ0n) is 16.0. The van der Waals surface area contributed by atoms with E-state index in [0.717, 1.165) is 25.5 Å². The number of guanidine groups is 1. The molecule has 0 bridgehead atoms. The maximum atomic E-state index is 12.2. The Morgan fingerprint density at radius 2 is 1.92 bits per heavy atom. The molecule has 0 amide bonds. The highest BCUT2D eigenvalue weighted by Gasteiger charge is 2.36. The van der Waals surface area contributed by atoms with Crippen molar-refractivity contribution in [2.45, 2.75) is 44.3 Å². The van der Waals surface area contributed by atoms with Crippen LogP contribution in [0.4, 0.5) is 0 Å². The second kappa shape index (κ2) is 7.36. The monoisotopic (exact) mass is 365 g/mol. The number of likely N-dealkylation sites (tertiary alicyclic amines) is 1. The van der Waals surface area contributed by atoms with Crippen molar-refractivity contribution in [3.63, 3.8) is 0 Å². The summed E-state index contributed by atoms with van der Waals surface area (Å²) in [4.78, 5) is 6.57. The molecule has 140 valence electrons. The van der Waals surface area contributed by atoms with Crippen molar-refractivity contribution in [3.8, 4) is 0 Å². The van der Waals surface area contributed by atoms with Gasteiger partial charge in [-0.2, -0.15) is 0 Å². The molecule has 1 unspecified atom stereocenters. The average molecular weight is 366 g/mol. The minimum Gasteiger partial charge on any atom is -0.355 e. The number of aliphatic imine (C=N–C) groups is 1. The third kappa shape index (κ3) is 4.54. The van der Waals surface area contributed by atoms with Gasteiger partial charge in [0.2, 0.25) is 0 Å². The molecule has 1 aromatic carbocycles. The van der Waals surface area contributed by atoms with Gasteiger partial charge in [-0.05, 0) is 32.8 Å². The van der Waals surface area contributed by atoms with Crippen molar-refractivity contribution in [2.24, 2.45) is 4.99 Å². The van der Waals surface area contributed by atoms with Crippen molar-refractivity contribution in [1.82, 2.24) is 10.2 Å². The molecule has 1 saturated heterocycles. The van der Waals surface area contributed by atoms with Crippen molar-refractivity contribution in [1.29, 1.82) is 0 Å². The molecule has 5 nitrogen and oxygen atoms in total. The van der Waals surface area contributed by atoms with Crippen LogP contribution in [0, 0.1) is 0 Å². The summed E-state index contributed by atoms with van der Waals surface area (Å²) in [6, 6.07) is 10.5. The van der Waals surface area contributed by atoms with Gasteiger partial charge in [-0.1, -0.05) is 37.3 Å². The Labute approximate surface area is 152 Å². The van der Waals surface area contributed by atoms with E-state index < -0.39 is 14.6 Å². The van der Waals surface area contributed by atoms with Gasteiger partial charge in [0.15, 0.2) is 15.8 Å². The van der Waals surface area contributed by atoms with Crippen LogP contribution in [-0.2, 0) is 15.3 Å². The van der Waals surface area contributed by atoms with Crippen LogP contribution in [0.5, 0.6) is 0 Å². The average Bonchev–Trinajstić information content (AvgIpc) is 2.95. The number of benzene rings is 1. The zero-order chi connectivity index (χ0) is 18.7. The van der Waals surface area contributed by atoms with Gasteiger partial charge in [0.25, 0.3) is 0 Å². The summed E-state index contributed by atoms with van der Waals surface area (Å²) < 4.78 is 23.8. The fraction of sp³-hybridized carbons (Fsp3) is 0.632. The Bertz CT molecular complexity index is 708. The predicted molar refractivity (Wildman–Crippen MR) is 105 cm³/mol. The second-order valence-electron chi connectivity index (χ2n) is 8.00. The second-order valence-corrected chi connectivity index (χ2v) is 10.9. The smallest absolute Gasteiger partial charge is 0.193 e. The molecule has 1 N–H and O–H groups in total. The minimum atomic E-state index is -3.13. The number of nitrogens with zero attached hydrogens (tertiary/aromatic N) is 2. The highest BCUT2D eigenvalue weighted by atomic mass is 32.2. The molecule has 1 fully saturated rings.